The Bertz CT molecular complexity index is 456. The molecule has 0 amide bonds. The van der Waals surface area contributed by atoms with Crippen molar-refractivity contribution in [2.75, 3.05) is 18.4 Å². The zero-order chi connectivity index (χ0) is 15.3. The summed E-state index contributed by atoms with van der Waals surface area (Å²) >= 11 is 0. The molecule has 0 aliphatic rings. The van der Waals surface area contributed by atoms with Gasteiger partial charge in [0, 0.05) is 25.2 Å². The lowest BCUT2D eigenvalue weighted by Gasteiger charge is -2.30. The highest BCUT2D eigenvalue weighted by Crippen LogP contribution is 2.13. The minimum Gasteiger partial charge on any atom is -0.478 e. The van der Waals surface area contributed by atoms with E-state index >= 15 is 0 Å². The quantitative estimate of drug-likeness (QED) is 0.804. The monoisotopic (exact) mass is 283 g/mol. The summed E-state index contributed by atoms with van der Waals surface area (Å²) in [7, 11) is 0. The summed E-state index contributed by atoms with van der Waals surface area (Å²) < 4.78 is 13.0. The van der Waals surface area contributed by atoms with Gasteiger partial charge in [-0.3, -0.25) is 4.90 Å². The lowest BCUT2D eigenvalue weighted by atomic mass is 10.2. The molecule has 0 aromatic carbocycles. The van der Waals surface area contributed by atoms with Crippen LogP contribution in [0.15, 0.2) is 12.3 Å². The second-order valence-electron chi connectivity index (χ2n) is 5.21. The van der Waals surface area contributed by atoms with Crippen molar-refractivity contribution in [2.24, 2.45) is 0 Å². The predicted molar refractivity (Wildman–Crippen MR) is 76.6 cm³/mol. The maximum Gasteiger partial charge on any atom is 0.339 e. The highest BCUT2D eigenvalue weighted by atomic mass is 19.1. The maximum atomic E-state index is 13.0. The molecule has 1 aromatic heterocycles. The molecule has 1 heterocycles. The van der Waals surface area contributed by atoms with Crippen molar-refractivity contribution in [3.63, 3.8) is 0 Å². The van der Waals surface area contributed by atoms with Crippen LogP contribution in [0.3, 0.4) is 0 Å². The van der Waals surface area contributed by atoms with Crippen LogP contribution >= 0.6 is 0 Å². The van der Waals surface area contributed by atoms with Gasteiger partial charge in [-0.25, -0.2) is 14.2 Å². The minimum atomic E-state index is -1.19. The Labute approximate surface area is 118 Å². The number of nitrogens with one attached hydrogen (secondary N) is 1. The average Bonchev–Trinajstić information content (AvgIpc) is 2.34. The fourth-order valence-corrected chi connectivity index (χ4v) is 2.16. The van der Waals surface area contributed by atoms with Crippen LogP contribution in [0.1, 0.15) is 38.1 Å². The number of aromatic nitrogens is 1. The summed E-state index contributed by atoms with van der Waals surface area (Å²) in [4.78, 5) is 17.1. The number of carboxylic acids is 1. The van der Waals surface area contributed by atoms with Crippen molar-refractivity contribution < 1.29 is 14.3 Å². The van der Waals surface area contributed by atoms with E-state index in [0.29, 0.717) is 18.6 Å². The Morgan fingerprint density at radius 3 is 2.50 bits per heavy atom. The lowest BCUT2D eigenvalue weighted by Crippen LogP contribution is -2.40. The van der Waals surface area contributed by atoms with Crippen LogP contribution in [-0.4, -0.2) is 46.1 Å². The number of anilines is 1. The van der Waals surface area contributed by atoms with E-state index in [1.165, 1.54) is 0 Å². The van der Waals surface area contributed by atoms with E-state index in [2.05, 4.69) is 42.9 Å². The zero-order valence-corrected chi connectivity index (χ0v) is 12.4. The highest BCUT2D eigenvalue weighted by molar-refractivity contribution is 5.93. The van der Waals surface area contributed by atoms with Gasteiger partial charge in [-0.05, 0) is 33.8 Å². The topological polar surface area (TPSA) is 65.5 Å². The Morgan fingerprint density at radius 1 is 1.40 bits per heavy atom. The van der Waals surface area contributed by atoms with Gasteiger partial charge < -0.3 is 10.4 Å². The molecular formula is C14H22FN3O2. The van der Waals surface area contributed by atoms with Gasteiger partial charge in [0.25, 0.3) is 0 Å². The second kappa shape index (κ2) is 7.19. The van der Waals surface area contributed by atoms with E-state index in [-0.39, 0.29) is 11.4 Å². The van der Waals surface area contributed by atoms with Crippen molar-refractivity contribution >= 4 is 11.8 Å². The molecule has 112 valence electrons. The summed E-state index contributed by atoms with van der Waals surface area (Å²) in [6.45, 7) is 9.75. The number of carboxylic acid groups (broad SMARTS) is 1. The molecular weight excluding hydrogens is 261 g/mol. The van der Waals surface area contributed by atoms with E-state index in [1.807, 2.05) is 0 Å². The second-order valence-corrected chi connectivity index (χ2v) is 5.21. The van der Waals surface area contributed by atoms with Crippen molar-refractivity contribution in [3.8, 4) is 0 Å². The summed E-state index contributed by atoms with van der Waals surface area (Å²) in [6.07, 6.45) is 1.01. The number of rotatable bonds is 7. The van der Waals surface area contributed by atoms with Gasteiger partial charge in [-0.1, -0.05) is 0 Å². The van der Waals surface area contributed by atoms with Crippen LogP contribution in [0.4, 0.5) is 10.2 Å². The van der Waals surface area contributed by atoms with E-state index in [1.54, 1.807) is 0 Å². The van der Waals surface area contributed by atoms with Crippen molar-refractivity contribution in [2.45, 2.75) is 39.8 Å². The standard InChI is InChI=1S/C14H22FN3O2/c1-9(2)18(10(3)4)6-5-16-13-12(14(19)20)7-11(15)8-17-13/h7-10H,5-6H2,1-4H3,(H,16,17)(H,19,20). The first-order valence-electron chi connectivity index (χ1n) is 6.71. The minimum absolute atomic E-state index is 0.148. The summed E-state index contributed by atoms with van der Waals surface area (Å²) in [6, 6.07) is 1.77. The molecule has 6 heteroatoms. The van der Waals surface area contributed by atoms with Gasteiger partial charge in [0.2, 0.25) is 0 Å². The normalized spacial score (nSPS) is 11.4. The SMILES string of the molecule is CC(C)N(CCNc1ncc(F)cc1C(=O)O)C(C)C. The first-order chi connectivity index (χ1) is 9.32. The molecule has 0 unspecified atom stereocenters. The molecule has 20 heavy (non-hydrogen) atoms. The lowest BCUT2D eigenvalue weighted by molar-refractivity contribution is 0.0697. The third-order valence-electron chi connectivity index (χ3n) is 3.07. The van der Waals surface area contributed by atoms with E-state index in [4.69, 9.17) is 5.11 Å². The Hall–Kier alpha value is -1.69. The molecule has 0 aliphatic heterocycles. The molecule has 1 aromatic rings. The van der Waals surface area contributed by atoms with Crippen LogP contribution in [0, 0.1) is 5.82 Å². The number of nitrogens with zero attached hydrogens (tertiary/aromatic N) is 2. The average molecular weight is 283 g/mol. The van der Waals surface area contributed by atoms with Crippen molar-refractivity contribution in [1.82, 2.24) is 9.88 Å². The molecule has 1 rings (SSSR count). The summed E-state index contributed by atoms with van der Waals surface area (Å²) in [5, 5.41) is 12.0. The summed E-state index contributed by atoms with van der Waals surface area (Å²) in [5.41, 5.74) is -0.148. The largest absolute Gasteiger partial charge is 0.478 e. The third kappa shape index (κ3) is 4.45. The van der Waals surface area contributed by atoms with Crippen LogP contribution in [0.25, 0.3) is 0 Å². The van der Waals surface area contributed by atoms with Gasteiger partial charge in [-0.15, -0.1) is 0 Å². The van der Waals surface area contributed by atoms with E-state index < -0.39 is 11.8 Å². The molecule has 2 N–H and O–H groups in total. The number of carbonyl (C=O) groups is 1. The Balaban J connectivity index is 2.68. The van der Waals surface area contributed by atoms with E-state index in [0.717, 1.165) is 18.8 Å². The first kappa shape index (κ1) is 16.4. The predicted octanol–water partition coefficient (Wildman–Crippen LogP) is 2.45. The smallest absolute Gasteiger partial charge is 0.339 e. The first-order valence-corrected chi connectivity index (χ1v) is 6.71. The van der Waals surface area contributed by atoms with Gasteiger partial charge in [0.1, 0.15) is 17.2 Å². The van der Waals surface area contributed by atoms with Gasteiger partial charge in [0.15, 0.2) is 0 Å². The van der Waals surface area contributed by atoms with Crippen molar-refractivity contribution in [3.05, 3.63) is 23.6 Å². The van der Waals surface area contributed by atoms with Gasteiger partial charge in [-0.2, -0.15) is 0 Å². The molecule has 5 nitrogen and oxygen atoms in total. The number of hydrogen-bond acceptors (Lipinski definition) is 4. The molecule has 0 saturated carbocycles. The molecule has 0 saturated heterocycles. The molecule has 0 radical (unpaired) electrons. The molecule has 0 atom stereocenters. The van der Waals surface area contributed by atoms with Crippen LogP contribution < -0.4 is 5.32 Å². The summed E-state index contributed by atoms with van der Waals surface area (Å²) in [5.74, 6) is -1.64. The molecule has 0 spiro atoms. The molecule has 0 aliphatic carbocycles. The number of pyridine rings is 1. The van der Waals surface area contributed by atoms with Gasteiger partial charge in [0.05, 0.1) is 6.20 Å². The van der Waals surface area contributed by atoms with Gasteiger partial charge >= 0.3 is 5.97 Å². The third-order valence-corrected chi connectivity index (χ3v) is 3.07. The van der Waals surface area contributed by atoms with Crippen LogP contribution in [0.5, 0.6) is 0 Å². The number of hydrogen-bond donors (Lipinski definition) is 2. The zero-order valence-electron chi connectivity index (χ0n) is 12.4. The Morgan fingerprint density at radius 2 is 2.00 bits per heavy atom. The highest BCUT2D eigenvalue weighted by Gasteiger charge is 2.15. The molecule has 0 bridgehead atoms. The maximum absolute atomic E-state index is 13.0. The molecule has 0 fully saturated rings. The van der Waals surface area contributed by atoms with Crippen molar-refractivity contribution in [1.29, 1.82) is 0 Å². The van der Waals surface area contributed by atoms with Crippen LogP contribution in [0.2, 0.25) is 0 Å². The fourth-order valence-electron chi connectivity index (χ4n) is 2.16. The Kier molecular flexibility index (Phi) is 5.88. The van der Waals surface area contributed by atoms with E-state index in [9.17, 15) is 9.18 Å². The fraction of sp³-hybridized carbons (Fsp3) is 0.571. The number of aromatic carboxylic acids is 1. The number of halogens is 1. The van der Waals surface area contributed by atoms with Crippen LogP contribution in [-0.2, 0) is 0 Å².